The lowest BCUT2D eigenvalue weighted by Crippen LogP contribution is -2.26. The zero-order valence-corrected chi connectivity index (χ0v) is 13.1. The normalized spacial score (nSPS) is 10.7. The number of benzene rings is 1. The molecule has 25 heavy (non-hydrogen) atoms. The van der Waals surface area contributed by atoms with Crippen molar-refractivity contribution >= 4 is 11.7 Å². The van der Waals surface area contributed by atoms with E-state index in [1.165, 1.54) is 18.5 Å². The van der Waals surface area contributed by atoms with Crippen LogP contribution in [-0.4, -0.2) is 20.9 Å². The standard InChI is InChI=1S/C16H13F2N5O2/c1-8-12(16-20-5-6-25-16)23-14(19)13(22-8)15(24)21-7-9-10(17)3-2-4-11(9)18/h2-6H,7H2,1H3,(H2,19,23)(H,21,24). The number of nitrogens with one attached hydrogen (secondary N) is 1. The Labute approximate surface area is 140 Å². The lowest BCUT2D eigenvalue weighted by atomic mass is 10.2. The van der Waals surface area contributed by atoms with Crippen LogP contribution in [0.2, 0.25) is 0 Å². The van der Waals surface area contributed by atoms with Gasteiger partial charge in [0.15, 0.2) is 11.5 Å². The summed E-state index contributed by atoms with van der Waals surface area (Å²) in [5.41, 5.74) is 6.05. The van der Waals surface area contributed by atoms with E-state index in [1.807, 2.05) is 0 Å². The molecule has 0 radical (unpaired) electrons. The minimum Gasteiger partial charge on any atom is -0.443 e. The molecule has 1 aromatic carbocycles. The minimum absolute atomic E-state index is 0.148. The van der Waals surface area contributed by atoms with Crippen molar-refractivity contribution in [2.75, 3.05) is 5.73 Å². The third-order valence-corrected chi connectivity index (χ3v) is 3.43. The van der Waals surface area contributed by atoms with Crippen LogP contribution >= 0.6 is 0 Å². The Hall–Kier alpha value is -3.36. The second-order valence-electron chi connectivity index (χ2n) is 5.11. The molecule has 2 aromatic heterocycles. The van der Waals surface area contributed by atoms with E-state index in [2.05, 4.69) is 20.3 Å². The average Bonchev–Trinajstić information content (AvgIpc) is 3.10. The summed E-state index contributed by atoms with van der Waals surface area (Å²) in [6, 6.07) is 3.45. The quantitative estimate of drug-likeness (QED) is 0.751. The molecule has 0 aliphatic rings. The molecule has 0 atom stereocenters. The second kappa shape index (κ2) is 6.63. The van der Waals surface area contributed by atoms with E-state index >= 15 is 0 Å². The van der Waals surface area contributed by atoms with E-state index in [-0.39, 0.29) is 29.5 Å². The average molecular weight is 345 g/mol. The maximum Gasteiger partial charge on any atom is 0.274 e. The molecule has 0 unspecified atom stereocenters. The van der Waals surface area contributed by atoms with Crippen molar-refractivity contribution < 1.29 is 18.0 Å². The summed E-state index contributed by atoms with van der Waals surface area (Å²) in [5, 5.41) is 2.38. The molecule has 3 rings (SSSR count). The van der Waals surface area contributed by atoms with Gasteiger partial charge in [-0.1, -0.05) is 6.07 Å². The number of oxazole rings is 1. The van der Waals surface area contributed by atoms with Gasteiger partial charge in [-0.05, 0) is 19.1 Å². The number of aromatic nitrogens is 3. The van der Waals surface area contributed by atoms with Gasteiger partial charge >= 0.3 is 0 Å². The first-order chi connectivity index (χ1) is 12.0. The van der Waals surface area contributed by atoms with Gasteiger partial charge < -0.3 is 15.5 Å². The van der Waals surface area contributed by atoms with Crippen LogP contribution in [0.1, 0.15) is 21.7 Å². The molecule has 0 bridgehead atoms. The summed E-state index contributed by atoms with van der Waals surface area (Å²) in [7, 11) is 0. The number of rotatable bonds is 4. The third kappa shape index (κ3) is 3.30. The number of nitrogens with two attached hydrogens (primary N) is 1. The summed E-state index contributed by atoms with van der Waals surface area (Å²) in [6.45, 7) is 1.26. The topological polar surface area (TPSA) is 107 Å². The highest BCUT2D eigenvalue weighted by Crippen LogP contribution is 2.21. The predicted molar refractivity (Wildman–Crippen MR) is 84.2 cm³/mol. The maximum absolute atomic E-state index is 13.6. The van der Waals surface area contributed by atoms with Crippen LogP contribution in [-0.2, 0) is 6.54 Å². The Morgan fingerprint density at radius 2 is 2.00 bits per heavy atom. The molecule has 0 saturated carbocycles. The summed E-state index contributed by atoms with van der Waals surface area (Å²) >= 11 is 0. The Bertz CT molecular complexity index is 908. The van der Waals surface area contributed by atoms with Crippen molar-refractivity contribution in [3.63, 3.8) is 0 Å². The molecule has 128 valence electrons. The van der Waals surface area contributed by atoms with Gasteiger partial charge in [0.1, 0.15) is 23.6 Å². The van der Waals surface area contributed by atoms with Crippen molar-refractivity contribution in [2.24, 2.45) is 0 Å². The maximum atomic E-state index is 13.6. The van der Waals surface area contributed by atoms with E-state index in [4.69, 9.17) is 10.2 Å². The summed E-state index contributed by atoms with van der Waals surface area (Å²) in [4.78, 5) is 24.4. The van der Waals surface area contributed by atoms with Gasteiger partial charge in [0.05, 0.1) is 11.9 Å². The number of aryl methyl sites for hydroxylation is 1. The van der Waals surface area contributed by atoms with Crippen molar-refractivity contribution in [1.29, 1.82) is 0 Å². The monoisotopic (exact) mass is 345 g/mol. The third-order valence-electron chi connectivity index (χ3n) is 3.43. The molecular weight excluding hydrogens is 332 g/mol. The fraction of sp³-hybridized carbons (Fsp3) is 0.125. The van der Waals surface area contributed by atoms with Gasteiger partial charge in [0.2, 0.25) is 5.89 Å². The lowest BCUT2D eigenvalue weighted by Gasteiger charge is -2.10. The molecule has 1 amide bonds. The number of nitrogens with zero attached hydrogens (tertiary/aromatic N) is 3. The van der Waals surface area contributed by atoms with Crippen LogP contribution in [0.5, 0.6) is 0 Å². The summed E-state index contributed by atoms with van der Waals surface area (Å²) in [6.07, 6.45) is 2.81. The molecule has 0 fully saturated rings. The highest BCUT2D eigenvalue weighted by atomic mass is 19.1. The van der Waals surface area contributed by atoms with Gasteiger partial charge in [0.25, 0.3) is 5.91 Å². The Kier molecular flexibility index (Phi) is 4.38. The van der Waals surface area contributed by atoms with Crippen molar-refractivity contribution in [1.82, 2.24) is 20.3 Å². The predicted octanol–water partition coefficient (Wildman–Crippen LogP) is 2.23. The zero-order chi connectivity index (χ0) is 18.0. The molecule has 3 aromatic rings. The number of hydrogen-bond donors (Lipinski definition) is 2. The number of hydrogen-bond acceptors (Lipinski definition) is 6. The smallest absolute Gasteiger partial charge is 0.274 e. The highest BCUT2D eigenvalue weighted by Gasteiger charge is 2.19. The molecule has 0 saturated heterocycles. The van der Waals surface area contributed by atoms with Gasteiger partial charge in [-0.2, -0.15) is 0 Å². The highest BCUT2D eigenvalue weighted by molar-refractivity contribution is 5.96. The van der Waals surface area contributed by atoms with E-state index in [9.17, 15) is 13.6 Å². The number of halogens is 2. The van der Waals surface area contributed by atoms with E-state index in [0.717, 1.165) is 12.1 Å². The van der Waals surface area contributed by atoms with Gasteiger partial charge in [-0.3, -0.25) is 4.79 Å². The van der Waals surface area contributed by atoms with Crippen LogP contribution in [0.15, 0.2) is 35.1 Å². The van der Waals surface area contributed by atoms with E-state index in [0.29, 0.717) is 11.4 Å². The summed E-state index contributed by atoms with van der Waals surface area (Å²) < 4.78 is 32.3. The number of amides is 1. The Morgan fingerprint density at radius 1 is 1.28 bits per heavy atom. The Balaban J connectivity index is 1.82. The summed E-state index contributed by atoms with van der Waals surface area (Å²) in [5.74, 6) is -2.14. The first-order valence-corrected chi connectivity index (χ1v) is 7.22. The molecule has 7 nitrogen and oxygen atoms in total. The zero-order valence-electron chi connectivity index (χ0n) is 13.1. The van der Waals surface area contributed by atoms with Crippen molar-refractivity contribution in [2.45, 2.75) is 13.5 Å². The SMILES string of the molecule is Cc1nc(C(=O)NCc2c(F)cccc2F)c(N)nc1-c1ncco1. The lowest BCUT2D eigenvalue weighted by molar-refractivity contribution is 0.0945. The number of nitrogen functional groups attached to an aromatic ring is 1. The molecule has 0 spiro atoms. The van der Waals surface area contributed by atoms with E-state index < -0.39 is 17.5 Å². The van der Waals surface area contributed by atoms with Crippen LogP contribution in [0.3, 0.4) is 0 Å². The number of carbonyl (C=O) groups excluding carboxylic acids is 1. The largest absolute Gasteiger partial charge is 0.443 e. The molecular formula is C16H13F2N5O2. The molecule has 9 heteroatoms. The molecule has 0 aliphatic heterocycles. The minimum atomic E-state index is -0.755. The van der Waals surface area contributed by atoms with Crippen molar-refractivity contribution in [3.05, 3.63) is 59.2 Å². The van der Waals surface area contributed by atoms with Crippen LogP contribution in [0.4, 0.5) is 14.6 Å². The fourth-order valence-electron chi connectivity index (χ4n) is 2.20. The first-order valence-electron chi connectivity index (χ1n) is 7.22. The number of carbonyl (C=O) groups is 1. The van der Waals surface area contributed by atoms with Gasteiger partial charge in [-0.25, -0.2) is 23.7 Å². The van der Waals surface area contributed by atoms with Crippen LogP contribution < -0.4 is 11.1 Å². The molecule has 0 aliphatic carbocycles. The van der Waals surface area contributed by atoms with Crippen molar-refractivity contribution in [3.8, 4) is 11.6 Å². The van der Waals surface area contributed by atoms with Crippen LogP contribution in [0.25, 0.3) is 11.6 Å². The van der Waals surface area contributed by atoms with Gasteiger partial charge in [-0.15, -0.1) is 0 Å². The van der Waals surface area contributed by atoms with Crippen LogP contribution in [0, 0.1) is 18.6 Å². The number of anilines is 1. The fourth-order valence-corrected chi connectivity index (χ4v) is 2.20. The molecule has 2 heterocycles. The van der Waals surface area contributed by atoms with Gasteiger partial charge in [0, 0.05) is 12.1 Å². The molecule has 3 N–H and O–H groups in total. The second-order valence-corrected chi connectivity index (χ2v) is 5.11. The first kappa shape index (κ1) is 16.5. The Morgan fingerprint density at radius 3 is 2.64 bits per heavy atom. The van der Waals surface area contributed by atoms with E-state index in [1.54, 1.807) is 6.92 Å².